The fraction of sp³-hybridized carbons (Fsp3) is 0.348. The zero-order chi connectivity index (χ0) is 20.1. The minimum absolute atomic E-state index is 0. The van der Waals surface area contributed by atoms with Gasteiger partial charge in [0.1, 0.15) is 6.33 Å². The number of aromatic amines is 1. The van der Waals surface area contributed by atoms with Crippen molar-refractivity contribution in [2.45, 2.75) is 25.8 Å². The van der Waals surface area contributed by atoms with Gasteiger partial charge in [-0.1, -0.05) is 55.5 Å². The number of guanidine groups is 1. The molecule has 1 fully saturated rings. The maximum atomic E-state index is 4.53. The van der Waals surface area contributed by atoms with Crippen molar-refractivity contribution < 1.29 is 0 Å². The number of aromatic nitrogens is 3. The fourth-order valence-electron chi connectivity index (χ4n) is 4.22. The zero-order valence-corrected chi connectivity index (χ0v) is 19.8. The average molecular weight is 516 g/mol. The molecule has 7 heteroatoms. The number of nitrogens with one attached hydrogen (secondary N) is 2. The van der Waals surface area contributed by atoms with Gasteiger partial charge in [0.25, 0.3) is 0 Å². The molecule has 4 rings (SSSR count). The molecule has 0 radical (unpaired) electrons. The Balaban J connectivity index is 0.00000256. The molecule has 158 valence electrons. The number of hydrogen-bond acceptors (Lipinski definition) is 3. The molecule has 30 heavy (non-hydrogen) atoms. The Morgan fingerprint density at radius 1 is 1.20 bits per heavy atom. The summed E-state index contributed by atoms with van der Waals surface area (Å²) < 4.78 is 0. The lowest BCUT2D eigenvalue weighted by atomic mass is 9.82. The predicted octanol–water partition coefficient (Wildman–Crippen LogP) is 4.29. The molecule has 0 saturated carbocycles. The fourth-order valence-corrected chi connectivity index (χ4v) is 4.22. The lowest BCUT2D eigenvalue weighted by Crippen LogP contribution is -2.47. The first-order valence-corrected chi connectivity index (χ1v) is 10.2. The summed E-state index contributed by atoms with van der Waals surface area (Å²) in [4.78, 5) is 11.1. The van der Waals surface area contributed by atoms with Crippen LogP contribution in [-0.4, -0.2) is 46.2 Å². The average Bonchev–Trinajstić information content (AvgIpc) is 3.30. The molecule has 0 amide bonds. The van der Waals surface area contributed by atoms with E-state index >= 15 is 0 Å². The molecule has 6 nitrogen and oxygen atoms in total. The van der Waals surface area contributed by atoms with Crippen LogP contribution in [0.1, 0.15) is 30.4 Å². The van der Waals surface area contributed by atoms with Crippen LogP contribution in [0.4, 0.5) is 0 Å². The van der Waals surface area contributed by atoms with Crippen LogP contribution < -0.4 is 5.32 Å². The number of aliphatic imine (C=N–C) groups is 1. The predicted molar refractivity (Wildman–Crippen MR) is 132 cm³/mol. The molecule has 2 atom stereocenters. The molecule has 2 aromatic carbocycles. The summed E-state index contributed by atoms with van der Waals surface area (Å²) in [6.07, 6.45) is 2.68. The standard InChI is InChI=1S/C23H28N6.HI/c1-17-15-29(12-11-21(17)19-8-4-3-5-9-19)23(24-2)25-14-18-7-6-10-20(13-18)22-26-16-27-28-22;/h3-10,13,16-17,21H,11-12,14-15H2,1-2H3,(H,24,25)(H,26,27,28);1H. The van der Waals surface area contributed by atoms with Crippen molar-refractivity contribution in [3.63, 3.8) is 0 Å². The SMILES string of the molecule is CN=C(NCc1cccc(-c2ncn[nH]2)c1)N1CCC(c2ccccc2)C(C)C1.I. The second-order valence-electron chi connectivity index (χ2n) is 7.66. The minimum Gasteiger partial charge on any atom is -0.352 e. The highest BCUT2D eigenvalue weighted by Crippen LogP contribution is 2.32. The van der Waals surface area contributed by atoms with E-state index in [9.17, 15) is 0 Å². The Morgan fingerprint density at radius 2 is 2.03 bits per heavy atom. The molecule has 2 heterocycles. The smallest absolute Gasteiger partial charge is 0.193 e. The number of piperidine rings is 1. The monoisotopic (exact) mass is 516 g/mol. The Labute approximate surface area is 195 Å². The van der Waals surface area contributed by atoms with Gasteiger partial charge >= 0.3 is 0 Å². The topological polar surface area (TPSA) is 69.2 Å². The van der Waals surface area contributed by atoms with Crippen LogP contribution in [0.15, 0.2) is 65.9 Å². The van der Waals surface area contributed by atoms with Gasteiger partial charge in [-0.3, -0.25) is 10.1 Å². The van der Waals surface area contributed by atoms with E-state index in [2.05, 4.69) is 79.8 Å². The molecule has 0 bridgehead atoms. The molecule has 1 aliphatic heterocycles. The molecule has 2 N–H and O–H groups in total. The largest absolute Gasteiger partial charge is 0.352 e. The van der Waals surface area contributed by atoms with Crippen molar-refractivity contribution in [1.29, 1.82) is 0 Å². The van der Waals surface area contributed by atoms with E-state index in [-0.39, 0.29) is 24.0 Å². The van der Waals surface area contributed by atoms with Gasteiger partial charge in [0.05, 0.1) is 0 Å². The van der Waals surface area contributed by atoms with E-state index in [1.165, 1.54) is 17.5 Å². The number of likely N-dealkylation sites (tertiary alicyclic amines) is 1. The van der Waals surface area contributed by atoms with Crippen molar-refractivity contribution in [2.24, 2.45) is 10.9 Å². The van der Waals surface area contributed by atoms with Gasteiger partial charge in [0.15, 0.2) is 11.8 Å². The van der Waals surface area contributed by atoms with Gasteiger partial charge in [-0.05, 0) is 35.4 Å². The third-order valence-electron chi connectivity index (χ3n) is 5.71. The second kappa shape index (κ2) is 10.6. The minimum atomic E-state index is 0. The Morgan fingerprint density at radius 3 is 2.73 bits per heavy atom. The molecule has 0 spiro atoms. The molecule has 2 unspecified atom stereocenters. The third kappa shape index (κ3) is 5.19. The summed E-state index contributed by atoms with van der Waals surface area (Å²) in [5.74, 6) is 2.95. The maximum Gasteiger partial charge on any atom is 0.193 e. The highest BCUT2D eigenvalue weighted by Gasteiger charge is 2.28. The number of nitrogens with zero attached hydrogens (tertiary/aromatic N) is 4. The van der Waals surface area contributed by atoms with E-state index in [0.717, 1.165) is 43.4 Å². The van der Waals surface area contributed by atoms with Crippen LogP contribution in [0, 0.1) is 5.92 Å². The van der Waals surface area contributed by atoms with Gasteiger partial charge < -0.3 is 10.2 Å². The summed E-state index contributed by atoms with van der Waals surface area (Å²) in [5.41, 5.74) is 3.67. The molecule has 3 aromatic rings. The van der Waals surface area contributed by atoms with Crippen molar-refractivity contribution in [1.82, 2.24) is 25.4 Å². The summed E-state index contributed by atoms with van der Waals surface area (Å²) in [6.45, 7) is 5.10. The van der Waals surface area contributed by atoms with Gasteiger partial charge in [-0.2, -0.15) is 5.10 Å². The van der Waals surface area contributed by atoms with E-state index in [1.807, 2.05) is 19.2 Å². The van der Waals surface area contributed by atoms with Crippen LogP contribution in [-0.2, 0) is 6.54 Å². The van der Waals surface area contributed by atoms with E-state index in [1.54, 1.807) is 0 Å². The summed E-state index contributed by atoms with van der Waals surface area (Å²) in [5, 5.41) is 10.4. The summed E-state index contributed by atoms with van der Waals surface area (Å²) in [7, 11) is 1.86. The first-order valence-electron chi connectivity index (χ1n) is 10.2. The summed E-state index contributed by atoms with van der Waals surface area (Å²) in [6, 6.07) is 19.2. The van der Waals surface area contributed by atoms with E-state index in [0.29, 0.717) is 11.8 Å². The second-order valence-corrected chi connectivity index (χ2v) is 7.66. The van der Waals surface area contributed by atoms with Crippen LogP contribution in [0.25, 0.3) is 11.4 Å². The van der Waals surface area contributed by atoms with Crippen LogP contribution in [0.2, 0.25) is 0 Å². The quantitative estimate of drug-likeness (QED) is 0.309. The lowest BCUT2D eigenvalue weighted by molar-refractivity contribution is 0.234. The van der Waals surface area contributed by atoms with Crippen molar-refractivity contribution >= 4 is 29.9 Å². The Hall–Kier alpha value is -2.42. The van der Waals surface area contributed by atoms with Crippen molar-refractivity contribution in [3.8, 4) is 11.4 Å². The van der Waals surface area contributed by atoms with E-state index in [4.69, 9.17) is 0 Å². The first kappa shape index (κ1) is 22.3. The third-order valence-corrected chi connectivity index (χ3v) is 5.71. The highest BCUT2D eigenvalue weighted by atomic mass is 127. The van der Waals surface area contributed by atoms with E-state index < -0.39 is 0 Å². The molecule has 1 saturated heterocycles. The van der Waals surface area contributed by atoms with Gasteiger partial charge in [0.2, 0.25) is 0 Å². The Kier molecular flexibility index (Phi) is 7.84. The highest BCUT2D eigenvalue weighted by molar-refractivity contribution is 14.0. The molecule has 1 aromatic heterocycles. The molecular weight excluding hydrogens is 487 g/mol. The van der Waals surface area contributed by atoms with Crippen molar-refractivity contribution in [2.75, 3.05) is 20.1 Å². The lowest BCUT2D eigenvalue weighted by Gasteiger charge is -2.39. The van der Waals surface area contributed by atoms with Crippen LogP contribution in [0.5, 0.6) is 0 Å². The Bertz CT molecular complexity index is 941. The van der Waals surface area contributed by atoms with Crippen LogP contribution in [0.3, 0.4) is 0 Å². The number of hydrogen-bond donors (Lipinski definition) is 2. The van der Waals surface area contributed by atoms with Crippen molar-refractivity contribution in [3.05, 3.63) is 72.1 Å². The number of rotatable bonds is 4. The maximum absolute atomic E-state index is 4.53. The van der Waals surface area contributed by atoms with Gasteiger partial charge in [-0.25, -0.2) is 4.98 Å². The van der Waals surface area contributed by atoms with Gasteiger partial charge in [-0.15, -0.1) is 24.0 Å². The van der Waals surface area contributed by atoms with Crippen LogP contribution >= 0.6 is 24.0 Å². The number of halogens is 1. The number of benzene rings is 2. The first-order chi connectivity index (χ1) is 14.2. The summed E-state index contributed by atoms with van der Waals surface area (Å²) >= 11 is 0. The molecular formula is C23H29IN6. The molecule has 0 aliphatic carbocycles. The molecule has 1 aliphatic rings. The van der Waals surface area contributed by atoms with Gasteiger partial charge in [0, 0.05) is 32.2 Å². The zero-order valence-electron chi connectivity index (χ0n) is 17.5. The normalized spacial score (nSPS) is 19.3. The number of H-pyrrole nitrogens is 1.